The molecule has 0 N–H and O–H groups in total. The summed E-state index contributed by atoms with van der Waals surface area (Å²) in [7, 11) is 1.02. The Morgan fingerprint density at radius 3 is 2.63 bits per heavy atom. The highest BCUT2D eigenvalue weighted by molar-refractivity contribution is 6.51. The Bertz CT molecular complexity index is 385. The van der Waals surface area contributed by atoms with E-state index in [0.29, 0.717) is 0 Å². The molecule has 0 radical (unpaired) electrons. The maximum Gasteiger partial charge on any atom is 0.486 e. The normalized spacial score (nSPS) is 23.6. The molecule has 0 aromatic carbocycles. The maximum absolute atomic E-state index is 10.8. The molecule has 1 unspecified atom stereocenters. The van der Waals surface area contributed by atoms with E-state index in [1.807, 2.05) is 19.0 Å². The van der Waals surface area contributed by atoms with Gasteiger partial charge in [-0.1, -0.05) is 30.3 Å². The van der Waals surface area contributed by atoms with Crippen LogP contribution < -0.4 is 0 Å². The van der Waals surface area contributed by atoms with Crippen LogP contribution in [-0.4, -0.2) is 31.9 Å². The molecule has 1 aliphatic rings. The highest BCUT2D eigenvalue weighted by atomic mass is 16.6. The van der Waals surface area contributed by atoms with Crippen LogP contribution in [0.2, 0.25) is 0 Å². The molecule has 1 atom stereocenters. The largest absolute Gasteiger partial charge is 0.486 e. The van der Waals surface area contributed by atoms with Crippen LogP contribution in [0.3, 0.4) is 0 Å². The van der Waals surface area contributed by atoms with Crippen molar-refractivity contribution >= 4 is 13.1 Å². The molecule has 0 spiro atoms. The Morgan fingerprint density at radius 1 is 1.32 bits per heavy atom. The van der Waals surface area contributed by atoms with Crippen molar-refractivity contribution in [2.45, 2.75) is 38.9 Å². The summed E-state index contributed by atoms with van der Waals surface area (Å²) in [5.74, 6) is 1.48. The number of methoxy groups -OCH3 is 1. The topological polar surface area (TPSA) is 44.8 Å². The van der Waals surface area contributed by atoms with Gasteiger partial charge in [-0.25, -0.2) is 4.79 Å². The van der Waals surface area contributed by atoms with E-state index in [9.17, 15) is 4.79 Å². The molecule has 4 nitrogen and oxygen atoms in total. The minimum atomic E-state index is -0.372. The van der Waals surface area contributed by atoms with Gasteiger partial charge in [-0.05, 0) is 27.2 Å². The van der Waals surface area contributed by atoms with Gasteiger partial charge in [0.15, 0.2) is 0 Å². The molecule has 0 aliphatic carbocycles. The minimum absolute atomic E-state index is 0.166. The van der Waals surface area contributed by atoms with Gasteiger partial charge in [0, 0.05) is 12.2 Å². The van der Waals surface area contributed by atoms with Gasteiger partial charge in [0.2, 0.25) is 0 Å². The Kier molecular flexibility index (Phi) is 6.05. The number of hydrogen-bond acceptors (Lipinski definition) is 4. The second kappa shape index (κ2) is 7.31. The molecule has 0 saturated carbocycles. The Morgan fingerprint density at radius 2 is 2.00 bits per heavy atom. The summed E-state index contributed by atoms with van der Waals surface area (Å²) in [6.45, 7) is 6.16. The summed E-state index contributed by atoms with van der Waals surface area (Å²) >= 11 is 0. The zero-order chi connectivity index (χ0) is 14.3. The monoisotopic (exact) mass is 264 g/mol. The first-order valence-corrected chi connectivity index (χ1v) is 6.36. The average Bonchev–Trinajstić information content (AvgIpc) is 2.30. The fourth-order valence-electron chi connectivity index (χ4n) is 1.93. The highest BCUT2D eigenvalue weighted by Crippen LogP contribution is 2.25. The molecule has 1 aliphatic heterocycles. The van der Waals surface area contributed by atoms with Gasteiger partial charge in [-0.15, -0.1) is 0 Å². The Hall–Kier alpha value is -1.33. The number of ether oxygens (including phenoxy) is 1. The standard InChI is InChI=1S/C14H21BO4/c1-12-11-14(2,3)19-15(18-12)10-8-6-5-7-9-13(16)17-4/h5-10,12H,11H2,1-4H3/b6-5-,9-7-,10-8+. The van der Waals surface area contributed by atoms with E-state index in [-0.39, 0.29) is 24.8 Å². The fourth-order valence-corrected chi connectivity index (χ4v) is 1.93. The molecule has 19 heavy (non-hydrogen) atoms. The van der Waals surface area contributed by atoms with Crippen LogP contribution >= 0.6 is 0 Å². The molecule has 104 valence electrons. The summed E-state index contributed by atoms with van der Waals surface area (Å²) in [5, 5.41) is 0. The second-order valence-electron chi connectivity index (χ2n) is 5.05. The Balaban J connectivity index is 2.42. The summed E-state index contributed by atoms with van der Waals surface area (Å²) in [6.07, 6.45) is 9.41. The van der Waals surface area contributed by atoms with Gasteiger partial charge < -0.3 is 14.0 Å². The SMILES string of the molecule is COC(=O)\C=C/C=C\C=C\B1OC(C)CC(C)(C)O1. The van der Waals surface area contributed by atoms with E-state index in [1.165, 1.54) is 13.2 Å². The number of carbonyl (C=O) groups excluding carboxylic acids is 1. The van der Waals surface area contributed by atoms with Crippen molar-refractivity contribution in [2.75, 3.05) is 7.11 Å². The van der Waals surface area contributed by atoms with E-state index in [0.717, 1.165) is 6.42 Å². The highest BCUT2D eigenvalue weighted by Gasteiger charge is 2.35. The lowest BCUT2D eigenvalue weighted by Gasteiger charge is -2.37. The van der Waals surface area contributed by atoms with Crippen molar-refractivity contribution in [3.8, 4) is 0 Å². The number of rotatable bonds is 4. The summed E-state index contributed by atoms with van der Waals surface area (Å²) in [6, 6.07) is 0. The summed E-state index contributed by atoms with van der Waals surface area (Å²) < 4.78 is 15.9. The van der Waals surface area contributed by atoms with Crippen molar-refractivity contribution in [1.82, 2.24) is 0 Å². The molecule has 1 saturated heterocycles. The van der Waals surface area contributed by atoms with E-state index >= 15 is 0 Å². The molecular formula is C14H21BO4. The number of carbonyl (C=O) groups is 1. The predicted molar refractivity (Wildman–Crippen MR) is 75.5 cm³/mol. The van der Waals surface area contributed by atoms with Gasteiger partial charge >= 0.3 is 13.1 Å². The third-order valence-electron chi connectivity index (χ3n) is 2.62. The lowest BCUT2D eigenvalue weighted by molar-refractivity contribution is -0.134. The van der Waals surface area contributed by atoms with Crippen LogP contribution in [0.15, 0.2) is 36.4 Å². The van der Waals surface area contributed by atoms with Crippen LogP contribution in [0.5, 0.6) is 0 Å². The fraction of sp³-hybridized carbons (Fsp3) is 0.500. The first-order chi connectivity index (χ1) is 8.93. The smallest absolute Gasteiger partial charge is 0.466 e. The van der Waals surface area contributed by atoms with E-state index < -0.39 is 0 Å². The molecule has 0 bridgehead atoms. The van der Waals surface area contributed by atoms with Crippen LogP contribution in [0, 0.1) is 0 Å². The van der Waals surface area contributed by atoms with Gasteiger partial charge in [-0.2, -0.15) is 0 Å². The van der Waals surface area contributed by atoms with Gasteiger partial charge in [-0.3, -0.25) is 0 Å². The summed E-state index contributed by atoms with van der Waals surface area (Å²) in [5.41, 5.74) is -0.166. The second-order valence-corrected chi connectivity index (χ2v) is 5.05. The van der Waals surface area contributed by atoms with Crippen molar-refractivity contribution in [3.05, 3.63) is 36.4 Å². The van der Waals surface area contributed by atoms with Crippen molar-refractivity contribution in [3.63, 3.8) is 0 Å². The third kappa shape index (κ3) is 6.41. The zero-order valence-corrected chi connectivity index (χ0v) is 12.0. The zero-order valence-electron chi connectivity index (χ0n) is 12.0. The van der Waals surface area contributed by atoms with E-state index in [1.54, 1.807) is 18.2 Å². The van der Waals surface area contributed by atoms with Crippen molar-refractivity contribution < 1.29 is 18.8 Å². The first kappa shape index (κ1) is 15.7. The third-order valence-corrected chi connectivity index (χ3v) is 2.62. The number of esters is 1. The minimum Gasteiger partial charge on any atom is -0.466 e. The first-order valence-electron chi connectivity index (χ1n) is 6.36. The van der Waals surface area contributed by atoms with Gasteiger partial charge in [0.25, 0.3) is 0 Å². The quantitative estimate of drug-likeness (QED) is 0.338. The average molecular weight is 264 g/mol. The molecule has 0 aromatic rings. The molecule has 1 fully saturated rings. The van der Waals surface area contributed by atoms with Crippen molar-refractivity contribution in [2.24, 2.45) is 0 Å². The van der Waals surface area contributed by atoms with Crippen LogP contribution in [0.4, 0.5) is 0 Å². The summed E-state index contributed by atoms with van der Waals surface area (Å²) in [4.78, 5) is 10.8. The Labute approximate surface area is 115 Å². The van der Waals surface area contributed by atoms with Gasteiger partial charge in [0.05, 0.1) is 12.7 Å². The lowest BCUT2D eigenvalue weighted by atomic mass is 9.82. The van der Waals surface area contributed by atoms with Crippen LogP contribution in [0.1, 0.15) is 27.2 Å². The van der Waals surface area contributed by atoms with Gasteiger partial charge in [0.1, 0.15) is 0 Å². The maximum atomic E-state index is 10.8. The lowest BCUT2D eigenvalue weighted by Crippen LogP contribution is -2.45. The molecule has 5 heteroatoms. The van der Waals surface area contributed by atoms with E-state index in [2.05, 4.69) is 18.6 Å². The molecule has 1 rings (SSSR count). The van der Waals surface area contributed by atoms with Crippen molar-refractivity contribution in [1.29, 1.82) is 0 Å². The number of hydrogen-bond donors (Lipinski definition) is 0. The molecule has 1 heterocycles. The molecule has 0 amide bonds. The van der Waals surface area contributed by atoms with Crippen LogP contribution in [0.25, 0.3) is 0 Å². The predicted octanol–water partition coefficient (Wildman–Crippen LogP) is 2.46. The number of allylic oxidation sites excluding steroid dienone is 4. The van der Waals surface area contributed by atoms with E-state index in [4.69, 9.17) is 9.31 Å². The molecular weight excluding hydrogens is 243 g/mol. The molecule has 0 aromatic heterocycles. The van der Waals surface area contributed by atoms with Crippen LogP contribution in [-0.2, 0) is 18.8 Å².